The van der Waals surface area contributed by atoms with Crippen LogP contribution < -0.4 is 0 Å². The van der Waals surface area contributed by atoms with Crippen LogP contribution in [0.1, 0.15) is 21.5 Å². The van der Waals surface area contributed by atoms with Gasteiger partial charge in [-0.3, -0.25) is 4.98 Å². The topological polar surface area (TPSA) is 50.2 Å². The third-order valence-corrected chi connectivity index (χ3v) is 2.43. The molecule has 0 amide bonds. The maximum atomic E-state index is 13.8. The van der Waals surface area contributed by atoms with E-state index < -0.39 is 11.8 Å². The fourth-order valence-electron chi connectivity index (χ4n) is 1.60. The van der Waals surface area contributed by atoms with Crippen molar-refractivity contribution in [1.82, 2.24) is 4.98 Å². The number of carboxylic acid groups (broad SMARTS) is 1. The minimum atomic E-state index is -1.25. The van der Waals surface area contributed by atoms with Gasteiger partial charge >= 0.3 is 5.97 Å². The Morgan fingerprint density at radius 1 is 1.29 bits per heavy atom. The highest BCUT2D eigenvalue weighted by Gasteiger charge is 2.13. The van der Waals surface area contributed by atoms with Crippen LogP contribution in [0.3, 0.4) is 0 Å². The number of carbonyl (C=O) groups is 1. The van der Waals surface area contributed by atoms with Gasteiger partial charge in [0.25, 0.3) is 0 Å². The van der Waals surface area contributed by atoms with E-state index in [9.17, 15) is 9.18 Å². The number of aromatic carboxylic acids is 1. The van der Waals surface area contributed by atoms with Crippen molar-refractivity contribution in [3.05, 3.63) is 65.2 Å². The zero-order valence-corrected chi connectivity index (χ0v) is 8.93. The lowest BCUT2D eigenvalue weighted by Gasteiger charge is -2.05. The van der Waals surface area contributed by atoms with Crippen LogP contribution in [0.4, 0.5) is 4.39 Å². The molecule has 0 aliphatic rings. The first-order valence-electron chi connectivity index (χ1n) is 5.08. The summed E-state index contributed by atoms with van der Waals surface area (Å²) in [6.45, 7) is 0. The Hall–Kier alpha value is -2.23. The molecule has 0 radical (unpaired) electrons. The molecule has 0 aliphatic heterocycles. The molecular formula is C13H10FNO2. The van der Waals surface area contributed by atoms with Crippen molar-refractivity contribution < 1.29 is 14.3 Å². The molecule has 0 atom stereocenters. The van der Waals surface area contributed by atoms with Gasteiger partial charge in [0.05, 0.1) is 5.56 Å². The molecule has 1 N–H and O–H groups in total. The van der Waals surface area contributed by atoms with E-state index in [1.807, 2.05) is 6.07 Å². The van der Waals surface area contributed by atoms with Crippen LogP contribution in [0.25, 0.3) is 0 Å². The van der Waals surface area contributed by atoms with Gasteiger partial charge in [0, 0.05) is 18.8 Å². The smallest absolute Gasteiger partial charge is 0.338 e. The summed E-state index contributed by atoms with van der Waals surface area (Å²) in [6, 6.07) is 7.95. The molecule has 17 heavy (non-hydrogen) atoms. The van der Waals surface area contributed by atoms with Gasteiger partial charge in [-0.05, 0) is 23.3 Å². The number of carboxylic acids is 1. The maximum Gasteiger partial charge on any atom is 0.338 e. The van der Waals surface area contributed by atoms with Crippen molar-refractivity contribution >= 4 is 5.97 Å². The Morgan fingerprint density at radius 2 is 2.12 bits per heavy atom. The van der Waals surface area contributed by atoms with Gasteiger partial charge in [-0.25, -0.2) is 9.18 Å². The molecule has 0 unspecified atom stereocenters. The minimum absolute atomic E-state index is 0.300. The molecule has 1 aromatic carbocycles. The maximum absolute atomic E-state index is 13.8. The Labute approximate surface area is 97.6 Å². The predicted molar refractivity (Wildman–Crippen MR) is 60.4 cm³/mol. The van der Waals surface area contributed by atoms with Gasteiger partial charge in [-0.15, -0.1) is 0 Å². The number of halogens is 1. The van der Waals surface area contributed by atoms with Crippen molar-refractivity contribution in [2.75, 3.05) is 0 Å². The molecule has 86 valence electrons. The summed E-state index contributed by atoms with van der Waals surface area (Å²) >= 11 is 0. The monoisotopic (exact) mass is 231 g/mol. The SMILES string of the molecule is O=C(O)c1cccc(Cc2cccnc2)c1F. The van der Waals surface area contributed by atoms with Crippen LogP contribution in [-0.4, -0.2) is 16.1 Å². The number of benzene rings is 1. The van der Waals surface area contributed by atoms with Crippen LogP contribution in [0.2, 0.25) is 0 Å². The molecular weight excluding hydrogens is 221 g/mol. The average molecular weight is 231 g/mol. The lowest BCUT2D eigenvalue weighted by Crippen LogP contribution is -2.04. The van der Waals surface area contributed by atoms with Gasteiger partial charge in [-0.2, -0.15) is 0 Å². The molecule has 2 rings (SSSR count). The number of pyridine rings is 1. The zero-order chi connectivity index (χ0) is 12.3. The zero-order valence-electron chi connectivity index (χ0n) is 8.93. The summed E-state index contributed by atoms with van der Waals surface area (Å²) in [5, 5.41) is 8.80. The van der Waals surface area contributed by atoms with Crippen molar-refractivity contribution in [2.45, 2.75) is 6.42 Å². The molecule has 0 saturated heterocycles. The second-order valence-electron chi connectivity index (χ2n) is 3.62. The van der Waals surface area contributed by atoms with E-state index in [1.54, 1.807) is 24.5 Å². The lowest BCUT2D eigenvalue weighted by atomic mass is 10.0. The fraction of sp³-hybridized carbons (Fsp3) is 0.0769. The van der Waals surface area contributed by atoms with E-state index in [2.05, 4.69) is 4.98 Å². The number of hydrogen-bond donors (Lipinski definition) is 1. The van der Waals surface area contributed by atoms with Crippen LogP contribution in [0, 0.1) is 5.82 Å². The number of aromatic nitrogens is 1. The molecule has 1 heterocycles. The summed E-state index contributed by atoms with van der Waals surface area (Å²) in [5.74, 6) is -1.93. The van der Waals surface area contributed by atoms with Gasteiger partial charge in [-0.1, -0.05) is 18.2 Å². The highest BCUT2D eigenvalue weighted by molar-refractivity contribution is 5.88. The first-order chi connectivity index (χ1) is 8.18. The van der Waals surface area contributed by atoms with Crippen molar-refractivity contribution in [2.24, 2.45) is 0 Å². The normalized spacial score (nSPS) is 10.2. The second-order valence-corrected chi connectivity index (χ2v) is 3.62. The van der Waals surface area contributed by atoms with Crippen molar-refractivity contribution in [3.63, 3.8) is 0 Å². The van der Waals surface area contributed by atoms with Crippen LogP contribution >= 0.6 is 0 Å². The van der Waals surface area contributed by atoms with Crippen molar-refractivity contribution in [1.29, 1.82) is 0 Å². The van der Waals surface area contributed by atoms with Gasteiger partial charge in [0.1, 0.15) is 5.82 Å². The fourth-order valence-corrected chi connectivity index (χ4v) is 1.60. The number of nitrogens with zero attached hydrogens (tertiary/aromatic N) is 1. The standard InChI is InChI=1S/C13H10FNO2/c14-12-10(4-1-5-11(12)13(16)17)7-9-3-2-6-15-8-9/h1-6,8H,7H2,(H,16,17). The Balaban J connectivity index is 2.34. The summed E-state index contributed by atoms with van der Waals surface area (Å²) in [6.07, 6.45) is 3.60. The molecule has 0 saturated carbocycles. The highest BCUT2D eigenvalue weighted by atomic mass is 19.1. The predicted octanol–water partition coefficient (Wildman–Crippen LogP) is 2.51. The Kier molecular flexibility index (Phi) is 3.14. The largest absolute Gasteiger partial charge is 0.478 e. The third kappa shape index (κ3) is 2.47. The van der Waals surface area contributed by atoms with Crippen LogP contribution in [-0.2, 0) is 6.42 Å². The highest BCUT2D eigenvalue weighted by Crippen LogP contribution is 2.16. The summed E-state index contributed by atoms with van der Waals surface area (Å²) < 4.78 is 13.8. The number of hydrogen-bond acceptors (Lipinski definition) is 2. The van der Waals surface area contributed by atoms with E-state index in [-0.39, 0.29) is 5.56 Å². The Bertz CT molecular complexity index is 540. The van der Waals surface area contributed by atoms with E-state index in [0.29, 0.717) is 12.0 Å². The average Bonchev–Trinajstić information content (AvgIpc) is 2.33. The molecule has 1 aromatic heterocycles. The van der Waals surface area contributed by atoms with Crippen LogP contribution in [0.15, 0.2) is 42.7 Å². The van der Waals surface area contributed by atoms with E-state index >= 15 is 0 Å². The van der Waals surface area contributed by atoms with E-state index in [1.165, 1.54) is 12.1 Å². The summed E-state index contributed by atoms with van der Waals surface area (Å²) in [5.41, 5.74) is 0.901. The van der Waals surface area contributed by atoms with E-state index in [0.717, 1.165) is 5.56 Å². The van der Waals surface area contributed by atoms with Crippen LogP contribution in [0.5, 0.6) is 0 Å². The first-order valence-corrected chi connectivity index (χ1v) is 5.08. The molecule has 0 fully saturated rings. The van der Waals surface area contributed by atoms with Gasteiger partial charge in [0.2, 0.25) is 0 Å². The van der Waals surface area contributed by atoms with Gasteiger partial charge in [0.15, 0.2) is 0 Å². The molecule has 0 bridgehead atoms. The molecule has 0 spiro atoms. The summed E-state index contributed by atoms with van der Waals surface area (Å²) in [4.78, 5) is 14.7. The lowest BCUT2D eigenvalue weighted by molar-refractivity contribution is 0.0691. The third-order valence-electron chi connectivity index (χ3n) is 2.43. The number of rotatable bonds is 3. The molecule has 4 heteroatoms. The minimum Gasteiger partial charge on any atom is -0.478 e. The molecule has 2 aromatic rings. The Morgan fingerprint density at radius 3 is 2.76 bits per heavy atom. The van der Waals surface area contributed by atoms with E-state index in [4.69, 9.17) is 5.11 Å². The summed E-state index contributed by atoms with van der Waals surface area (Å²) in [7, 11) is 0. The van der Waals surface area contributed by atoms with Gasteiger partial charge < -0.3 is 5.11 Å². The second kappa shape index (κ2) is 4.74. The van der Waals surface area contributed by atoms with Crippen molar-refractivity contribution in [3.8, 4) is 0 Å². The molecule has 0 aliphatic carbocycles. The first kappa shape index (κ1) is 11.3. The quantitative estimate of drug-likeness (QED) is 0.882. The molecule has 3 nitrogen and oxygen atoms in total.